The zero-order chi connectivity index (χ0) is 12.5. The van der Waals surface area contributed by atoms with Crippen molar-refractivity contribution < 1.29 is 19.7 Å². The van der Waals surface area contributed by atoms with Crippen LogP contribution < -0.4 is 5.32 Å². The molecule has 0 aromatic carbocycles. The van der Waals surface area contributed by atoms with Gasteiger partial charge in [-0.05, 0) is 0 Å². The Kier molecular flexibility index (Phi) is 6.23. The second-order valence-corrected chi connectivity index (χ2v) is 3.31. The maximum Gasteiger partial charge on any atom is 0.271 e. The van der Waals surface area contributed by atoms with E-state index in [-0.39, 0.29) is 25.7 Å². The molecule has 0 aliphatic heterocycles. The van der Waals surface area contributed by atoms with Crippen LogP contribution in [-0.2, 0) is 11.3 Å². The van der Waals surface area contributed by atoms with Crippen LogP contribution >= 0.6 is 0 Å². The lowest BCUT2D eigenvalue weighted by Gasteiger charge is -2.02. The predicted octanol–water partition coefficient (Wildman–Crippen LogP) is -1.39. The Hall–Kier alpha value is -1.44. The first-order valence-corrected chi connectivity index (χ1v) is 5.37. The molecule has 1 amide bonds. The predicted molar refractivity (Wildman–Crippen MR) is 59.6 cm³/mol. The van der Waals surface area contributed by atoms with Crippen molar-refractivity contribution >= 4 is 5.91 Å². The second-order valence-electron chi connectivity index (χ2n) is 3.31. The SMILES string of the molecule is O=C(NCCO)c1cn(CCOCCO)cn1. The minimum absolute atomic E-state index is 0.00125. The molecular formula is C10H17N3O4. The van der Waals surface area contributed by atoms with E-state index >= 15 is 0 Å². The van der Waals surface area contributed by atoms with Gasteiger partial charge in [-0.3, -0.25) is 4.79 Å². The fraction of sp³-hybridized carbons (Fsp3) is 0.600. The smallest absolute Gasteiger partial charge is 0.271 e. The van der Waals surface area contributed by atoms with E-state index in [1.54, 1.807) is 10.8 Å². The van der Waals surface area contributed by atoms with Gasteiger partial charge >= 0.3 is 0 Å². The molecule has 0 saturated carbocycles. The van der Waals surface area contributed by atoms with Crippen molar-refractivity contribution in [2.75, 3.05) is 33.0 Å². The van der Waals surface area contributed by atoms with Crippen molar-refractivity contribution in [3.63, 3.8) is 0 Å². The van der Waals surface area contributed by atoms with E-state index in [4.69, 9.17) is 14.9 Å². The minimum Gasteiger partial charge on any atom is -0.395 e. The van der Waals surface area contributed by atoms with Crippen molar-refractivity contribution in [1.82, 2.24) is 14.9 Å². The molecule has 0 radical (unpaired) electrons. The van der Waals surface area contributed by atoms with Crippen LogP contribution in [0.2, 0.25) is 0 Å². The highest BCUT2D eigenvalue weighted by molar-refractivity contribution is 5.91. The number of aliphatic hydroxyl groups excluding tert-OH is 2. The van der Waals surface area contributed by atoms with Crippen molar-refractivity contribution in [3.8, 4) is 0 Å². The van der Waals surface area contributed by atoms with E-state index in [1.165, 1.54) is 6.33 Å². The van der Waals surface area contributed by atoms with Crippen LogP contribution in [0.3, 0.4) is 0 Å². The third-order valence-electron chi connectivity index (χ3n) is 1.99. The molecule has 0 aliphatic rings. The Bertz CT molecular complexity index is 340. The number of aliphatic hydroxyl groups is 2. The molecule has 1 aromatic rings. The van der Waals surface area contributed by atoms with Gasteiger partial charge in [0.25, 0.3) is 5.91 Å². The van der Waals surface area contributed by atoms with Crippen LogP contribution in [0, 0.1) is 0 Å². The number of imidazole rings is 1. The summed E-state index contributed by atoms with van der Waals surface area (Å²) < 4.78 is 6.82. The number of nitrogens with one attached hydrogen (secondary N) is 1. The Balaban J connectivity index is 2.34. The van der Waals surface area contributed by atoms with Gasteiger partial charge in [-0.15, -0.1) is 0 Å². The molecule has 1 aromatic heterocycles. The van der Waals surface area contributed by atoms with Crippen LogP contribution in [0.1, 0.15) is 10.5 Å². The maximum atomic E-state index is 11.4. The number of ether oxygens (including phenoxy) is 1. The summed E-state index contributed by atoms with van der Waals surface area (Å²) in [5.74, 6) is -0.311. The van der Waals surface area contributed by atoms with Crippen molar-refractivity contribution in [2.24, 2.45) is 0 Å². The summed E-state index contributed by atoms with van der Waals surface area (Å²) in [5.41, 5.74) is 0.306. The standard InChI is InChI=1S/C10H17N3O4/c14-3-1-11-10(16)9-7-13(8-12-9)2-5-17-6-4-15/h7-8,14-15H,1-6H2,(H,11,16). The molecule has 1 rings (SSSR count). The number of aromatic nitrogens is 2. The fourth-order valence-electron chi connectivity index (χ4n) is 1.20. The monoisotopic (exact) mass is 243 g/mol. The molecule has 0 saturated heterocycles. The molecule has 7 nitrogen and oxygen atoms in total. The molecule has 96 valence electrons. The molecule has 0 unspecified atom stereocenters. The zero-order valence-electron chi connectivity index (χ0n) is 9.50. The molecule has 0 fully saturated rings. The van der Waals surface area contributed by atoms with Gasteiger partial charge in [0, 0.05) is 19.3 Å². The third kappa shape index (κ3) is 4.94. The zero-order valence-corrected chi connectivity index (χ0v) is 9.50. The molecular weight excluding hydrogens is 226 g/mol. The van der Waals surface area contributed by atoms with Gasteiger partial charge in [-0.2, -0.15) is 0 Å². The molecule has 0 bridgehead atoms. The van der Waals surface area contributed by atoms with Crippen LogP contribution in [-0.4, -0.2) is 58.6 Å². The topological polar surface area (TPSA) is 96.6 Å². The van der Waals surface area contributed by atoms with Crippen LogP contribution in [0.4, 0.5) is 0 Å². The fourth-order valence-corrected chi connectivity index (χ4v) is 1.20. The van der Waals surface area contributed by atoms with Crippen molar-refractivity contribution in [1.29, 1.82) is 0 Å². The summed E-state index contributed by atoms with van der Waals surface area (Å²) in [5, 5.41) is 19.6. The van der Waals surface area contributed by atoms with E-state index in [2.05, 4.69) is 10.3 Å². The lowest BCUT2D eigenvalue weighted by molar-refractivity contribution is 0.0869. The highest BCUT2D eigenvalue weighted by atomic mass is 16.5. The Morgan fingerprint density at radius 1 is 1.41 bits per heavy atom. The maximum absolute atomic E-state index is 11.4. The van der Waals surface area contributed by atoms with E-state index in [1.807, 2.05) is 0 Å². The molecule has 17 heavy (non-hydrogen) atoms. The number of amides is 1. The molecule has 7 heteroatoms. The first-order valence-electron chi connectivity index (χ1n) is 5.37. The lowest BCUT2D eigenvalue weighted by atomic mass is 10.4. The van der Waals surface area contributed by atoms with Gasteiger partial charge < -0.3 is 24.8 Å². The highest BCUT2D eigenvalue weighted by Crippen LogP contribution is 1.96. The molecule has 0 atom stereocenters. The summed E-state index contributed by atoms with van der Waals surface area (Å²) >= 11 is 0. The first-order chi connectivity index (χ1) is 8.27. The normalized spacial score (nSPS) is 10.5. The van der Waals surface area contributed by atoms with Gasteiger partial charge in [0.15, 0.2) is 0 Å². The van der Waals surface area contributed by atoms with Crippen molar-refractivity contribution in [2.45, 2.75) is 6.54 Å². The Morgan fingerprint density at radius 2 is 2.24 bits per heavy atom. The second kappa shape index (κ2) is 7.77. The molecule has 0 spiro atoms. The summed E-state index contributed by atoms with van der Waals surface area (Å²) in [4.78, 5) is 15.4. The number of carbonyl (C=O) groups is 1. The Morgan fingerprint density at radius 3 is 2.94 bits per heavy atom. The van der Waals surface area contributed by atoms with E-state index in [0.29, 0.717) is 25.5 Å². The average molecular weight is 243 g/mol. The van der Waals surface area contributed by atoms with E-state index in [9.17, 15) is 4.79 Å². The summed E-state index contributed by atoms with van der Waals surface area (Å²) in [7, 11) is 0. The van der Waals surface area contributed by atoms with Crippen molar-refractivity contribution in [3.05, 3.63) is 18.2 Å². The average Bonchev–Trinajstić information content (AvgIpc) is 2.80. The lowest BCUT2D eigenvalue weighted by Crippen LogP contribution is -2.26. The van der Waals surface area contributed by atoms with Crippen LogP contribution in [0.5, 0.6) is 0 Å². The van der Waals surface area contributed by atoms with Crippen LogP contribution in [0.15, 0.2) is 12.5 Å². The summed E-state index contributed by atoms with van der Waals surface area (Å²) in [6.07, 6.45) is 3.14. The highest BCUT2D eigenvalue weighted by Gasteiger charge is 2.07. The van der Waals surface area contributed by atoms with Gasteiger partial charge in [0.1, 0.15) is 5.69 Å². The molecule has 3 N–H and O–H groups in total. The van der Waals surface area contributed by atoms with E-state index < -0.39 is 0 Å². The molecule has 0 aliphatic carbocycles. The molecule has 1 heterocycles. The quantitative estimate of drug-likeness (QED) is 0.489. The number of nitrogens with zero attached hydrogens (tertiary/aromatic N) is 2. The number of hydrogen-bond acceptors (Lipinski definition) is 5. The Labute approximate surface area is 99.0 Å². The van der Waals surface area contributed by atoms with Gasteiger partial charge in [0.05, 0.1) is 32.8 Å². The summed E-state index contributed by atoms with van der Waals surface area (Å²) in [6, 6.07) is 0. The number of carbonyl (C=O) groups excluding carboxylic acids is 1. The third-order valence-corrected chi connectivity index (χ3v) is 1.99. The number of rotatable bonds is 8. The van der Waals surface area contributed by atoms with Gasteiger partial charge in [-0.1, -0.05) is 0 Å². The first kappa shape index (κ1) is 13.6. The summed E-state index contributed by atoms with van der Waals surface area (Å²) in [6.45, 7) is 1.44. The van der Waals surface area contributed by atoms with Gasteiger partial charge in [0.2, 0.25) is 0 Å². The minimum atomic E-state index is -0.311. The van der Waals surface area contributed by atoms with Crippen LogP contribution in [0.25, 0.3) is 0 Å². The largest absolute Gasteiger partial charge is 0.395 e. The van der Waals surface area contributed by atoms with E-state index in [0.717, 1.165) is 0 Å². The van der Waals surface area contributed by atoms with Gasteiger partial charge in [-0.25, -0.2) is 4.98 Å². The number of hydrogen-bond donors (Lipinski definition) is 3.